The number of nitrogens with zero attached hydrogens (tertiary/aromatic N) is 2. The molecular weight excluding hydrogens is 327 g/mol. The van der Waals surface area contributed by atoms with Gasteiger partial charge in [-0.3, -0.25) is 4.90 Å². The second-order valence-electron chi connectivity index (χ2n) is 6.98. The molecule has 0 amide bonds. The summed E-state index contributed by atoms with van der Waals surface area (Å²) in [5.41, 5.74) is 0.276. The van der Waals surface area contributed by atoms with Gasteiger partial charge in [0.25, 0.3) is 0 Å². The van der Waals surface area contributed by atoms with Crippen molar-refractivity contribution in [2.75, 3.05) is 26.2 Å². The van der Waals surface area contributed by atoms with Gasteiger partial charge in [-0.1, -0.05) is 24.3 Å². The van der Waals surface area contributed by atoms with E-state index in [0.717, 1.165) is 13.1 Å². The molecule has 2 aromatic rings. The quantitative estimate of drug-likeness (QED) is 0.856. The number of halogens is 1. The Kier molecular flexibility index (Phi) is 3.67. The van der Waals surface area contributed by atoms with Crippen molar-refractivity contribution in [3.63, 3.8) is 0 Å². The number of rotatable bonds is 3. The normalized spacial score (nSPS) is 21.9. The number of sulfonamides is 1. The van der Waals surface area contributed by atoms with Crippen molar-refractivity contribution in [1.82, 2.24) is 9.21 Å². The van der Waals surface area contributed by atoms with E-state index >= 15 is 0 Å². The van der Waals surface area contributed by atoms with Gasteiger partial charge < -0.3 is 0 Å². The number of piperazine rings is 1. The van der Waals surface area contributed by atoms with Crippen molar-refractivity contribution >= 4 is 20.8 Å². The summed E-state index contributed by atoms with van der Waals surface area (Å²) in [7, 11) is -3.61. The van der Waals surface area contributed by atoms with Gasteiger partial charge in [0.05, 0.1) is 4.90 Å². The van der Waals surface area contributed by atoms with E-state index in [2.05, 4.69) is 11.8 Å². The number of hydrogen-bond acceptors (Lipinski definition) is 3. The molecule has 4 nitrogen and oxygen atoms in total. The molecule has 1 aliphatic carbocycles. The van der Waals surface area contributed by atoms with Crippen LogP contribution in [0, 0.1) is 5.82 Å². The lowest BCUT2D eigenvalue weighted by molar-refractivity contribution is 0.132. The predicted molar refractivity (Wildman–Crippen MR) is 91.9 cm³/mol. The van der Waals surface area contributed by atoms with E-state index in [4.69, 9.17) is 0 Å². The minimum atomic E-state index is -3.61. The van der Waals surface area contributed by atoms with Crippen LogP contribution in [0.5, 0.6) is 0 Å². The molecule has 2 aliphatic rings. The molecule has 0 spiro atoms. The van der Waals surface area contributed by atoms with Gasteiger partial charge in [0.2, 0.25) is 10.0 Å². The van der Waals surface area contributed by atoms with Crippen LogP contribution in [0.1, 0.15) is 19.8 Å². The highest BCUT2D eigenvalue weighted by Crippen LogP contribution is 2.41. The van der Waals surface area contributed by atoms with Gasteiger partial charge in [-0.2, -0.15) is 4.31 Å². The molecule has 1 saturated carbocycles. The van der Waals surface area contributed by atoms with Crippen molar-refractivity contribution < 1.29 is 12.8 Å². The lowest BCUT2D eigenvalue weighted by Gasteiger charge is -2.37. The van der Waals surface area contributed by atoms with Crippen molar-refractivity contribution in [3.8, 4) is 0 Å². The maximum absolute atomic E-state index is 14.0. The van der Waals surface area contributed by atoms with Gasteiger partial charge in [-0.15, -0.1) is 0 Å². The van der Waals surface area contributed by atoms with Gasteiger partial charge in [0.1, 0.15) is 5.82 Å². The van der Waals surface area contributed by atoms with Crippen LogP contribution < -0.4 is 0 Å². The lowest BCUT2D eigenvalue weighted by Crippen LogP contribution is -2.52. The molecule has 0 atom stereocenters. The Morgan fingerprint density at radius 3 is 2.21 bits per heavy atom. The van der Waals surface area contributed by atoms with E-state index in [9.17, 15) is 12.8 Å². The molecule has 1 heterocycles. The third-order valence-electron chi connectivity index (χ3n) is 5.42. The van der Waals surface area contributed by atoms with E-state index in [-0.39, 0.29) is 10.4 Å². The zero-order valence-corrected chi connectivity index (χ0v) is 14.5. The van der Waals surface area contributed by atoms with Crippen molar-refractivity contribution in [3.05, 3.63) is 42.2 Å². The highest BCUT2D eigenvalue weighted by molar-refractivity contribution is 7.89. The first-order valence-corrected chi connectivity index (χ1v) is 9.78. The number of hydrogen-bond donors (Lipinski definition) is 0. The minimum absolute atomic E-state index is 0.200. The molecule has 0 N–H and O–H groups in total. The molecule has 128 valence electrons. The number of benzene rings is 2. The van der Waals surface area contributed by atoms with Crippen LogP contribution in [0.15, 0.2) is 41.3 Å². The van der Waals surface area contributed by atoms with Crippen LogP contribution in [0.2, 0.25) is 0 Å². The Morgan fingerprint density at radius 2 is 1.58 bits per heavy atom. The summed E-state index contributed by atoms with van der Waals surface area (Å²) >= 11 is 0. The van der Waals surface area contributed by atoms with E-state index in [1.54, 1.807) is 24.3 Å². The average molecular weight is 348 g/mol. The maximum Gasteiger partial charge on any atom is 0.243 e. The summed E-state index contributed by atoms with van der Waals surface area (Å²) in [6, 6.07) is 9.39. The summed E-state index contributed by atoms with van der Waals surface area (Å²) in [4.78, 5) is 2.59. The maximum atomic E-state index is 14.0. The first kappa shape index (κ1) is 16.0. The van der Waals surface area contributed by atoms with Crippen LogP contribution in [0.4, 0.5) is 4.39 Å². The Bertz CT molecular complexity index is 885. The van der Waals surface area contributed by atoms with Crippen molar-refractivity contribution in [1.29, 1.82) is 0 Å². The molecule has 24 heavy (non-hydrogen) atoms. The third-order valence-corrected chi connectivity index (χ3v) is 7.38. The minimum Gasteiger partial charge on any atom is -0.295 e. The molecule has 2 aromatic carbocycles. The zero-order valence-electron chi connectivity index (χ0n) is 13.7. The molecule has 0 bridgehead atoms. The summed E-state index contributed by atoms with van der Waals surface area (Å²) in [5, 5.41) is 0.803. The van der Waals surface area contributed by atoms with E-state index < -0.39 is 15.8 Å². The fourth-order valence-corrected chi connectivity index (χ4v) is 5.18. The van der Waals surface area contributed by atoms with Gasteiger partial charge >= 0.3 is 0 Å². The van der Waals surface area contributed by atoms with Crippen LogP contribution in [-0.4, -0.2) is 49.3 Å². The lowest BCUT2D eigenvalue weighted by atomic mass is 10.1. The monoisotopic (exact) mass is 348 g/mol. The van der Waals surface area contributed by atoms with Gasteiger partial charge in [0.15, 0.2) is 0 Å². The first-order chi connectivity index (χ1) is 11.4. The fraction of sp³-hybridized carbons (Fsp3) is 0.444. The zero-order chi connectivity index (χ0) is 16.9. The highest BCUT2D eigenvalue weighted by Gasteiger charge is 2.45. The molecule has 0 aromatic heterocycles. The fourth-order valence-electron chi connectivity index (χ4n) is 3.56. The Balaban J connectivity index is 1.65. The van der Waals surface area contributed by atoms with Crippen LogP contribution in [0.25, 0.3) is 10.8 Å². The summed E-state index contributed by atoms with van der Waals surface area (Å²) in [6.45, 7) is 4.74. The Morgan fingerprint density at radius 1 is 0.958 bits per heavy atom. The third kappa shape index (κ3) is 2.53. The smallest absolute Gasteiger partial charge is 0.243 e. The average Bonchev–Trinajstić information content (AvgIpc) is 3.34. The molecule has 6 heteroatoms. The molecule has 1 saturated heterocycles. The standard InChI is InChI=1S/C18H21FN2O2S/c1-18(8-9-18)20-10-12-21(13-11-20)24(22,23)17-7-6-16(19)14-4-2-3-5-15(14)17/h2-7H,8-13H2,1H3. The molecule has 0 radical (unpaired) electrons. The van der Waals surface area contributed by atoms with Crippen LogP contribution in [-0.2, 0) is 10.0 Å². The largest absolute Gasteiger partial charge is 0.295 e. The van der Waals surface area contributed by atoms with Gasteiger partial charge in [-0.05, 0) is 31.9 Å². The summed E-state index contributed by atoms with van der Waals surface area (Å²) in [5.74, 6) is -0.393. The Labute approximate surface area is 141 Å². The summed E-state index contributed by atoms with van der Waals surface area (Å²) < 4.78 is 41.6. The van der Waals surface area contributed by atoms with Crippen LogP contribution >= 0.6 is 0 Å². The SMILES string of the molecule is CC1(N2CCN(S(=O)(=O)c3ccc(F)c4ccccc34)CC2)CC1. The summed E-state index contributed by atoms with van der Waals surface area (Å²) in [6.07, 6.45) is 2.39. The van der Waals surface area contributed by atoms with Crippen LogP contribution in [0.3, 0.4) is 0 Å². The van der Waals surface area contributed by atoms with E-state index in [1.807, 2.05) is 0 Å². The van der Waals surface area contributed by atoms with E-state index in [1.165, 1.54) is 29.3 Å². The predicted octanol–water partition coefficient (Wildman–Crippen LogP) is 2.84. The highest BCUT2D eigenvalue weighted by atomic mass is 32.2. The molecular formula is C18H21FN2O2S. The van der Waals surface area contributed by atoms with Crippen molar-refractivity contribution in [2.24, 2.45) is 0 Å². The first-order valence-electron chi connectivity index (χ1n) is 8.34. The second-order valence-corrected chi connectivity index (χ2v) is 8.89. The number of fused-ring (bicyclic) bond motifs is 1. The molecule has 2 fully saturated rings. The molecule has 1 aliphatic heterocycles. The van der Waals surface area contributed by atoms with Gasteiger partial charge in [0, 0.05) is 42.5 Å². The van der Waals surface area contributed by atoms with Gasteiger partial charge in [-0.25, -0.2) is 12.8 Å². The topological polar surface area (TPSA) is 40.6 Å². The molecule has 0 unspecified atom stereocenters. The Hall–Kier alpha value is -1.50. The molecule has 4 rings (SSSR count). The van der Waals surface area contributed by atoms with Crippen molar-refractivity contribution in [2.45, 2.75) is 30.2 Å². The van der Waals surface area contributed by atoms with E-state index in [0.29, 0.717) is 23.9 Å². The second kappa shape index (κ2) is 5.51.